The zero-order valence-corrected chi connectivity index (χ0v) is 16.3. The zero-order valence-electron chi connectivity index (χ0n) is 16.3. The van der Waals surface area contributed by atoms with Gasteiger partial charge in [-0.3, -0.25) is 9.69 Å². The maximum atomic E-state index is 12.9. The van der Waals surface area contributed by atoms with E-state index >= 15 is 0 Å². The standard InChI is InChI=1S/C21H30N2O4/c1-16-14-27-15-18(17-9-5-3-6-10-17)23(16)13-19(24)22-21(20(25)26-2)11-7-4-8-12-21/h3,5-6,9-10,16,18H,4,7-8,11-15H2,1-2H3,(H,22,24)/t16-,18-/m1/s1. The molecule has 0 bridgehead atoms. The smallest absolute Gasteiger partial charge is 0.331 e. The Balaban J connectivity index is 1.73. The number of amides is 1. The van der Waals surface area contributed by atoms with Crippen LogP contribution >= 0.6 is 0 Å². The molecule has 1 amide bonds. The third-order valence-electron chi connectivity index (χ3n) is 5.77. The van der Waals surface area contributed by atoms with Crippen molar-refractivity contribution in [2.75, 3.05) is 26.9 Å². The van der Waals surface area contributed by atoms with Gasteiger partial charge in [0.2, 0.25) is 5.91 Å². The molecular weight excluding hydrogens is 344 g/mol. The Kier molecular flexibility index (Phi) is 6.50. The number of ether oxygens (including phenoxy) is 2. The third kappa shape index (κ3) is 4.50. The number of rotatable bonds is 5. The van der Waals surface area contributed by atoms with E-state index in [1.54, 1.807) is 0 Å². The van der Waals surface area contributed by atoms with Crippen molar-refractivity contribution in [2.24, 2.45) is 0 Å². The average Bonchev–Trinajstić information content (AvgIpc) is 2.70. The van der Waals surface area contributed by atoms with Crippen molar-refractivity contribution >= 4 is 11.9 Å². The van der Waals surface area contributed by atoms with Crippen LogP contribution in [-0.4, -0.2) is 55.2 Å². The minimum atomic E-state index is -0.873. The predicted molar refractivity (Wildman–Crippen MR) is 102 cm³/mol. The fourth-order valence-corrected chi connectivity index (χ4v) is 4.28. The summed E-state index contributed by atoms with van der Waals surface area (Å²) >= 11 is 0. The van der Waals surface area contributed by atoms with Gasteiger partial charge in [-0.25, -0.2) is 4.79 Å². The minimum Gasteiger partial charge on any atom is -0.467 e. The molecule has 1 aromatic carbocycles. The maximum Gasteiger partial charge on any atom is 0.331 e. The number of hydrogen-bond acceptors (Lipinski definition) is 5. The van der Waals surface area contributed by atoms with Gasteiger partial charge in [0.05, 0.1) is 32.9 Å². The summed E-state index contributed by atoms with van der Waals surface area (Å²) in [6, 6.07) is 10.3. The molecule has 1 N–H and O–H groups in total. The summed E-state index contributed by atoms with van der Waals surface area (Å²) < 4.78 is 10.7. The molecule has 3 rings (SSSR count). The predicted octanol–water partition coefficient (Wildman–Crippen LogP) is 2.44. The monoisotopic (exact) mass is 374 g/mol. The van der Waals surface area contributed by atoms with Crippen molar-refractivity contribution in [1.82, 2.24) is 10.2 Å². The second-order valence-corrected chi connectivity index (χ2v) is 7.67. The molecule has 0 radical (unpaired) electrons. The molecule has 27 heavy (non-hydrogen) atoms. The van der Waals surface area contributed by atoms with E-state index in [0.29, 0.717) is 26.1 Å². The molecule has 1 aliphatic carbocycles. The third-order valence-corrected chi connectivity index (χ3v) is 5.77. The topological polar surface area (TPSA) is 67.9 Å². The average molecular weight is 374 g/mol. The van der Waals surface area contributed by atoms with E-state index in [2.05, 4.69) is 29.3 Å². The van der Waals surface area contributed by atoms with Gasteiger partial charge in [0.25, 0.3) is 0 Å². The highest BCUT2D eigenvalue weighted by Crippen LogP contribution is 2.30. The van der Waals surface area contributed by atoms with E-state index in [9.17, 15) is 9.59 Å². The Bertz CT molecular complexity index is 643. The van der Waals surface area contributed by atoms with Crippen LogP contribution in [0.5, 0.6) is 0 Å². The number of carbonyl (C=O) groups is 2. The first-order valence-corrected chi connectivity index (χ1v) is 9.83. The van der Waals surface area contributed by atoms with Crippen LogP contribution < -0.4 is 5.32 Å². The number of carbonyl (C=O) groups excluding carboxylic acids is 2. The van der Waals surface area contributed by atoms with E-state index in [1.807, 2.05) is 18.2 Å². The number of methoxy groups -OCH3 is 1. The first-order chi connectivity index (χ1) is 13.1. The lowest BCUT2D eigenvalue weighted by atomic mass is 9.81. The lowest BCUT2D eigenvalue weighted by Crippen LogP contribution is -2.59. The summed E-state index contributed by atoms with van der Waals surface area (Å²) in [4.78, 5) is 27.5. The number of morpholine rings is 1. The summed E-state index contributed by atoms with van der Waals surface area (Å²) in [5.74, 6) is -0.456. The molecule has 2 aliphatic rings. The molecule has 2 atom stereocenters. The van der Waals surface area contributed by atoms with Crippen LogP contribution in [0.1, 0.15) is 50.6 Å². The van der Waals surface area contributed by atoms with Gasteiger partial charge in [0.1, 0.15) is 5.54 Å². The molecule has 148 valence electrons. The van der Waals surface area contributed by atoms with Gasteiger partial charge < -0.3 is 14.8 Å². The molecule has 1 aromatic rings. The number of hydrogen-bond donors (Lipinski definition) is 1. The summed E-state index contributed by atoms with van der Waals surface area (Å²) in [7, 11) is 1.39. The minimum absolute atomic E-state index is 0.0288. The van der Waals surface area contributed by atoms with Gasteiger partial charge in [0, 0.05) is 6.04 Å². The van der Waals surface area contributed by atoms with Crippen molar-refractivity contribution in [3.8, 4) is 0 Å². The number of nitrogens with one attached hydrogen (secondary N) is 1. The van der Waals surface area contributed by atoms with Crippen LogP contribution in [-0.2, 0) is 19.1 Å². The molecule has 0 unspecified atom stereocenters. The molecule has 0 aromatic heterocycles. The Labute approximate surface area is 161 Å². The van der Waals surface area contributed by atoms with Crippen LogP contribution in [0.15, 0.2) is 30.3 Å². The Hall–Kier alpha value is -1.92. The molecule has 1 aliphatic heterocycles. The second kappa shape index (κ2) is 8.85. The van der Waals surface area contributed by atoms with Crippen LogP contribution in [0.25, 0.3) is 0 Å². The van der Waals surface area contributed by atoms with Crippen LogP contribution in [0.4, 0.5) is 0 Å². The van der Waals surface area contributed by atoms with Gasteiger partial charge in [-0.1, -0.05) is 49.6 Å². The molecule has 1 saturated carbocycles. The van der Waals surface area contributed by atoms with Gasteiger partial charge in [-0.15, -0.1) is 0 Å². The van der Waals surface area contributed by atoms with Gasteiger partial charge in [-0.2, -0.15) is 0 Å². The quantitative estimate of drug-likeness (QED) is 0.802. The van der Waals surface area contributed by atoms with Crippen LogP contribution in [0.2, 0.25) is 0 Å². The van der Waals surface area contributed by atoms with Gasteiger partial charge in [0.15, 0.2) is 0 Å². The SMILES string of the molecule is COC(=O)C1(NC(=O)CN2[C@H](C)COC[C@@H]2c2ccccc2)CCCCC1. The first kappa shape index (κ1) is 19.8. The molecule has 6 heteroatoms. The van der Waals surface area contributed by atoms with E-state index in [-0.39, 0.29) is 30.5 Å². The normalized spacial score (nSPS) is 25.6. The summed E-state index contributed by atoms with van der Waals surface area (Å²) in [6.45, 7) is 3.46. The molecular formula is C21H30N2O4. The number of esters is 1. The Morgan fingerprint density at radius 3 is 2.56 bits per heavy atom. The maximum absolute atomic E-state index is 12.9. The lowest BCUT2D eigenvalue weighted by molar-refractivity contribution is -0.153. The molecule has 0 spiro atoms. The van der Waals surface area contributed by atoms with Crippen molar-refractivity contribution in [3.63, 3.8) is 0 Å². The van der Waals surface area contributed by atoms with E-state index in [1.165, 1.54) is 7.11 Å². The summed E-state index contributed by atoms with van der Waals surface area (Å²) in [5, 5.41) is 3.03. The first-order valence-electron chi connectivity index (χ1n) is 9.83. The van der Waals surface area contributed by atoms with Gasteiger partial charge >= 0.3 is 5.97 Å². The lowest BCUT2D eigenvalue weighted by Gasteiger charge is -2.41. The van der Waals surface area contributed by atoms with Crippen molar-refractivity contribution in [1.29, 1.82) is 0 Å². The largest absolute Gasteiger partial charge is 0.467 e. The van der Waals surface area contributed by atoms with E-state index in [0.717, 1.165) is 24.8 Å². The summed E-state index contributed by atoms with van der Waals surface area (Å²) in [6.07, 6.45) is 4.23. The van der Waals surface area contributed by atoms with Crippen molar-refractivity contribution in [3.05, 3.63) is 35.9 Å². The van der Waals surface area contributed by atoms with E-state index in [4.69, 9.17) is 9.47 Å². The Morgan fingerprint density at radius 2 is 1.89 bits per heavy atom. The number of benzene rings is 1. The van der Waals surface area contributed by atoms with Gasteiger partial charge in [-0.05, 0) is 25.3 Å². The van der Waals surface area contributed by atoms with Crippen molar-refractivity contribution in [2.45, 2.75) is 56.7 Å². The molecule has 6 nitrogen and oxygen atoms in total. The van der Waals surface area contributed by atoms with Crippen LogP contribution in [0, 0.1) is 0 Å². The second-order valence-electron chi connectivity index (χ2n) is 7.67. The fourth-order valence-electron chi connectivity index (χ4n) is 4.28. The highest BCUT2D eigenvalue weighted by molar-refractivity contribution is 5.89. The number of nitrogens with zero attached hydrogens (tertiary/aromatic N) is 1. The highest BCUT2D eigenvalue weighted by Gasteiger charge is 2.42. The molecule has 2 fully saturated rings. The van der Waals surface area contributed by atoms with Crippen molar-refractivity contribution < 1.29 is 19.1 Å². The molecule has 1 heterocycles. The summed E-state index contributed by atoms with van der Waals surface area (Å²) in [5.41, 5.74) is 0.263. The fraction of sp³-hybridized carbons (Fsp3) is 0.619. The Morgan fingerprint density at radius 1 is 1.19 bits per heavy atom. The molecule has 1 saturated heterocycles. The zero-order chi connectivity index (χ0) is 19.3. The van der Waals surface area contributed by atoms with E-state index < -0.39 is 5.54 Å². The van der Waals surface area contributed by atoms with Crippen LogP contribution in [0.3, 0.4) is 0 Å². The highest BCUT2D eigenvalue weighted by atomic mass is 16.5.